The Balaban J connectivity index is 0.882. The van der Waals surface area contributed by atoms with Gasteiger partial charge >= 0.3 is 0 Å². The van der Waals surface area contributed by atoms with Gasteiger partial charge in [-0.15, -0.1) is 0 Å². The van der Waals surface area contributed by atoms with E-state index in [2.05, 4.69) is 212 Å². The van der Waals surface area contributed by atoms with Crippen LogP contribution in [0.2, 0.25) is 0 Å². The van der Waals surface area contributed by atoms with Gasteiger partial charge in [-0.25, -0.2) is 15.0 Å². The number of hydrogen-bond donors (Lipinski definition) is 0. The SMILES string of the molecule is N#Cc1ccc(-c2cc(-c3ccccc3)nc(-n3c4ccccc4c4c(-c5ccc(-n6c7ccccc7c7c6ccc6c8ccccc8n(-c8nc(-c9ccccc9)nc(-c9cccc(C#N)c9)n8)c67)cc5)cc5c6ccccc6n(-c6ccccc6)c5c43)n2)cc1. The fraction of sp³-hybridized carbons (Fsp3) is 0. The monoisotopic (exact) mass is 1170 g/mol. The van der Waals surface area contributed by atoms with E-state index in [9.17, 15) is 10.5 Å². The number of hydrogen-bond acceptors (Lipinski definition) is 7. The van der Waals surface area contributed by atoms with Crippen molar-refractivity contribution in [3.8, 4) is 91.8 Å². The third kappa shape index (κ3) is 8.10. The minimum absolute atomic E-state index is 0.467. The lowest BCUT2D eigenvalue weighted by molar-refractivity contribution is 0.955. The molecule has 0 amide bonds. The van der Waals surface area contributed by atoms with Crippen LogP contribution in [0, 0.1) is 22.7 Å². The average Bonchev–Trinajstić information content (AvgIpc) is 1.55. The van der Waals surface area contributed by atoms with Crippen LogP contribution in [0.25, 0.3) is 167 Å². The summed E-state index contributed by atoms with van der Waals surface area (Å²) >= 11 is 0. The normalized spacial score (nSPS) is 11.7. The van der Waals surface area contributed by atoms with Gasteiger partial charge in [0.15, 0.2) is 11.6 Å². The van der Waals surface area contributed by atoms with Gasteiger partial charge in [0.25, 0.3) is 0 Å². The van der Waals surface area contributed by atoms with E-state index >= 15 is 0 Å². The molecule has 0 fully saturated rings. The highest BCUT2D eigenvalue weighted by atomic mass is 15.2. The van der Waals surface area contributed by atoms with Gasteiger partial charge in [-0.05, 0) is 102 Å². The number of rotatable bonds is 9. The number of benzene rings is 12. The molecule has 12 aromatic carbocycles. The van der Waals surface area contributed by atoms with Crippen LogP contribution in [-0.4, -0.2) is 43.2 Å². The number of para-hydroxylation sites is 5. The molecule has 18 aromatic rings. The minimum atomic E-state index is 0.467. The van der Waals surface area contributed by atoms with Crippen LogP contribution in [0.1, 0.15) is 11.1 Å². The zero-order valence-corrected chi connectivity index (χ0v) is 49.1. The quantitative estimate of drug-likeness (QED) is 0.141. The van der Waals surface area contributed by atoms with Crippen LogP contribution in [0.5, 0.6) is 0 Å². The summed E-state index contributed by atoms with van der Waals surface area (Å²) in [6.45, 7) is 0. The maximum atomic E-state index is 9.99. The van der Waals surface area contributed by atoms with Crippen LogP contribution in [0.3, 0.4) is 0 Å². The molecule has 0 saturated carbocycles. The minimum Gasteiger partial charge on any atom is -0.309 e. The van der Waals surface area contributed by atoms with E-state index in [1.54, 1.807) is 6.07 Å². The smallest absolute Gasteiger partial charge is 0.238 e. The Morgan fingerprint density at radius 1 is 0.261 bits per heavy atom. The maximum Gasteiger partial charge on any atom is 0.238 e. The van der Waals surface area contributed by atoms with Gasteiger partial charge in [0.1, 0.15) is 0 Å². The maximum absolute atomic E-state index is 9.99. The zero-order chi connectivity index (χ0) is 61.0. The molecule has 6 aromatic heterocycles. The summed E-state index contributed by atoms with van der Waals surface area (Å²) < 4.78 is 9.24. The molecule has 0 atom stereocenters. The fourth-order valence-corrected chi connectivity index (χ4v) is 13.9. The molecule has 0 bridgehead atoms. The van der Waals surface area contributed by atoms with Crippen LogP contribution in [0.4, 0.5) is 0 Å². The van der Waals surface area contributed by atoms with E-state index in [1.807, 2.05) is 97.1 Å². The summed E-state index contributed by atoms with van der Waals surface area (Å²) in [6, 6.07) is 103. The van der Waals surface area contributed by atoms with E-state index < -0.39 is 0 Å². The van der Waals surface area contributed by atoms with Crippen molar-refractivity contribution >= 4 is 87.2 Å². The number of nitriles is 2. The van der Waals surface area contributed by atoms with Crippen molar-refractivity contribution in [3.05, 3.63) is 296 Å². The highest BCUT2D eigenvalue weighted by Crippen LogP contribution is 2.48. The van der Waals surface area contributed by atoms with Gasteiger partial charge in [0, 0.05) is 76.7 Å². The zero-order valence-electron chi connectivity index (χ0n) is 49.1. The molecule has 11 nitrogen and oxygen atoms in total. The van der Waals surface area contributed by atoms with E-state index in [1.165, 1.54) is 0 Å². The summed E-state index contributed by atoms with van der Waals surface area (Å²) in [6.07, 6.45) is 0. The topological polar surface area (TPSA) is 132 Å². The highest BCUT2D eigenvalue weighted by molar-refractivity contribution is 6.29. The standard InChI is InChI=1S/C81H47N11/c82-48-50-35-37-54(38-36-50)67-47-66(53-20-4-1-5-21-53)84-80(85-67)92-71-34-17-12-29-62(71)73-64(46-65-60-28-11-14-31-68(60)90(76(65)77(73)92)57-25-8-3-9-26-57)52-39-41-58(42-40-52)89-70-33-16-13-30-63(70)74-72(89)44-43-61-59-27-10-15-32-69(59)91(75(61)74)81-87-78(55-22-6-2-7-23-55)86-79(88-81)56-24-18-19-51(45-56)49-83/h1-47H. The molecule has 0 aliphatic rings. The molecule has 0 radical (unpaired) electrons. The second-order valence-electron chi connectivity index (χ2n) is 23.0. The van der Waals surface area contributed by atoms with Crippen molar-refractivity contribution in [3.63, 3.8) is 0 Å². The molecule has 0 N–H and O–H groups in total. The largest absolute Gasteiger partial charge is 0.309 e. The van der Waals surface area contributed by atoms with Crippen molar-refractivity contribution in [1.29, 1.82) is 10.5 Å². The lowest BCUT2D eigenvalue weighted by Crippen LogP contribution is -2.06. The highest BCUT2D eigenvalue weighted by Gasteiger charge is 2.28. The summed E-state index contributed by atoms with van der Waals surface area (Å²) in [5.41, 5.74) is 18.2. The van der Waals surface area contributed by atoms with E-state index in [4.69, 9.17) is 24.9 Å². The molecule has 0 unspecified atom stereocenters. The van der Waals surface area contributed by atoms with Crippen molar-refractivity contribution < 1.29 is 0 Å². The second-order valence-corrected chi connectivity index (χ2v) is 23.0. The summed E-state index contributed by atoms with van der Waals surface area (Å²) in [5.74, 6) is 1.98. The van der Waals surface area contributed by atoms with E-state index in [-0.39, 0.29) is 0 Å². The number of aromatic nitrogens is 9. The Labute approximate surface area is 526 Å². The molecule has 0 spiro atoms. The fourth-order valence-electron chi connectivity index (χ4n) is 13.9. The van der Waals surface area contributed by atoms with E-state index in [0.29, 0.717) is 34.7 Å². The molecule has 0 aliphatic heterocycles. The first-order valence-electron chi connectivity index (χ1n) is 30.4. The molecule has 11 heteroatoms. The van der Waals surface area contributed by atoms with Gasteiger partial charge in [-0.2, -0.15) is 20.5 Å². The van der Waals surface area contributed by atoms with Crippen molar-refractivity contribution in [2.75, 3.05) is 0 Å². The first-order valence-corrected chi connectivity index (χ1v) is 30.4. The van der Waals surface area contributed by atoms with Crippen LogP contribution >= 0.6 is 0 Å². The van der Waals surface area contributed by atoms with Gasteiger partial charge in [0.05, 0.1) is 78.8 Å². The summed E-state index contributed by atoms with van der Waals surface area (Å²) in [5, 5.41) is 28.4. The Hall–Kier alpha value is -13.1. The molecular formula is C81H47N11. The Bertz CT molecular complexity index is 6130. The third-order valence-corrected chi connectivity index (χ3v) is 17.9. The first kappa shape index (κ1) is 52.1. The van der Waals surface area contributed by atoms with Crippen LogP contribution in [-0.2, 0) is 0 Å². The lowest BCUT2D eigenvalue weighted by atomic mass is 9.96. The molecule has 0 aliphatic carbocycles. The predicted octanol–water partition coefficient (Wildman–Crippen LogP) is 19.1. The van der Waals surface area contributed by atoms with Crippen LogP contribution in [0.15, 0.2) is 285 Å². The van der Waals surface area contributed by atoms with Crippen molar-refractivity contribution in [2.24, 2.45) is 0 Å². The first-order chi connectivity index (χ1) is 45.5. The predicted molar refractivity (Wildman–Crippen MR) is 369 cm³/mol. The Kier molecular flexibility index (Phi) is 11.8. The van der Waals surface area contributed by atoms with Crippen molar-refractivity contribution in [1.82, 2.24) is 43.2 Å². The Morgan fingerprint density at radius 3 is 1.41 bits per heavy atom. The molecule has 426 valence electrons. The van der Waals surface area contributed by atoms with E-state index in [0.717, 1.165) is 143 Å². The summed E-state index contributed by atoms with van der Waals surface area (Å²) in [4.78, 5) is 26.7. The molecule has 6 heterocycles. The number of fused-ring (bicyclic) bond motifs is 14. The lowest BCUT2D eigenvalue weighted by Gasteiger charge is -2.15. The summed E-state index contributed by atoms with van der Waals surface area (Å²) in [7, 11) is 0. The van der Waals surface area contributed by atoms with Gasteiger partial charge in [0.2, 0.25) is 11.9 Å². The van der Waals surface area contributed by atoms with Gasteiger partial charge < -0.3 is 9.13 Å². The third-order valence-electron chi connectivity index (χ3n) is 17.9. The van der Waals surface area contributed by atoms with Crippen molar-refractivity contribution in [2.45, 2.75) is 0 Å². The molecule has 92 heavy (non-hydrogen) atoms. The second kappa shape index (κ2) is 20.8. The van der Waals surface area contributed by atoms with Gasteiger partial charge in [-0.3, -0.25) is 9.13 Å². The number of nitrogens with zero attached hydrogens (tertiary/aromatic N) is 11. The molecule has 18 rings (SSSR count). The Morgan fingerprint density at radius 2 is 0.750 bits per heavy atom. The molecule has 0 saturated heterocycles. The van der Waals surface area contributed by atoms with Crippen LogP contribution < -0.4 is 0 Å². The van der Waals surface area contributed by atoms with Gasteiger partial charge in [-0.1, -0.05) is 194 Å². The average molecular weight is 1170 g/mol. The molecular weight excluding hydrogens is 1130 g/mol.